The summed E-state index contributed by atoms with van der Waals surface area (Å²) >= 11 is 0. The quantitative estimate of drug-likeness (QED) is 0.657. The van der Waals surface area contributed by atoms with Crippen molar-refractivity contribution in [1.29, 1.82) is 0 Å². The number of carbonyl (C=O) groups is 1. The Labute approximate surface area is 165 Å². The SMILES string of the molecule is Cc1nc(OCC(=O)N[C@@H]2CCS(=O)(=O)C2)c2c(-c3ccc(F)cc3)noc2n1. The van der Waals surface area contributed by atoms with E-state index in [9.17, 15) is 17.6 Å². The number of benzene rings is 1. The highest BCUT2D eigenvalue weighted by atomic mass is 32.2. The Balaban J connectivity index is 1.56. The molecule has 1 aliphatic rings. The number of aromatic nitrogens is 3. The highest BCUT2D eigenvalue weighted by Gasteiger charge is 2.29. The first-order valence-corrected chi connectivity index (χ1v) is 10.7. The van der Waals surface area contributed by atoms with Crippen molar-refractivity contribution in [2.45, 2.75) is 19.4 Å². The summed E-state index contributed by atoms with van der Waals surface area (Å²) in [5.41, 5.74) is 1.11. The molecule has 0 radical (unpaired) electrons. The lowest BCUT2D eigenvalue weighted by Gasteiger charge is -2.12. The third-order valence-electron chi connectivity index (χ3n) is 4.47. The van der Waals surface area contributed by atoms with E-state index in [0.717, 1.165) is 0 Å². The molecule has 1 saturated heterocycles. The normalized spacial score (nSPS) is 18.1. The monoisotopic (exact) mass is 420 g/mol. The van der Waals surface area contributed by atoms with Crippen LogP contribution in [-0.2, 0) is 14.6 Å². The molecule has 4 rings (SSSR count). The van der Waals surface area contributed by atoms with E-state index in [1.165, 1.54) is 24.3 Å². The molecule has 1 atom stereocenters. The van der Waals surface area contributed by atoms with Crippen LogP contribution < -0.4 is 10.1 Å². The van der Waals surface area contributed by atoms with Gasteiger partial charge in [-0.25, -0.2) is 12.8 Å². The molecular formula is C18H17FN4O5S. The van der Waals surface area contributed by atoms with Gasteiger partial charge in [0.1, 0.15) is 22.7 Å². The van der Waals surface area contributed by atoms with E-state index in [1.54, 1.807) is 6.92 Å². The van der Waals surface area contributed by atoms with Crippen LogP contribution >= 0.6 is 0 Å². The summed E-state index contributed by atoms with van der Waals surface area (Å²) in [4.78, 5) is 20.6. The van der Waals surface area contributed by atoms with Crippen LogP contribution in [0.3, 0.4) is 0 Å². The van der Waals surface area contributed by atoms with Gasteiger partial charge >= 0.3 is 0 Å². The predicted molar refractivity (Wildman–Crippen MR) is 100 cm³/mol. The number of ether oxygens (including phenoxy) is 1. The molecule has 0 spiro atoms. The average molecular weight is 420 g/mol. The minimum absolute atomic E-state index is 0.0618. The third kappa shape index (κ3) is 4.19. The second-order valence-corrected chi connectivity index (χ2v) is 8.98. The van der Waals surface area contributed by atoms with Gasteiger partial charge < -0.3 is 14.6 Å². The van der Waals surface area contributed by atoms with E-state index in [-0.39, 0.29) is 29.7 Å². The number of fused-ring (bicyclic) bond motifs is 1. The molecule has 0 saturated carbocycles. The fourth-order valence-corrected chi connectivity index (χ4v) is 4.82. The van der Waals surface area contributed by atoms with Crippen LogP contribution in [0.5, 0.6) is 5.88 Å². The Hall–Kier alpha value is -3.08. The van der Waals surface area contributed by atoms with E-state index in [1.807, 2.05) is 0 Å². The van der Waals surface area contributed by atoms with E-state index in [4.69, 9.17) is 9.26 Å². The number of hydrogen-bond donors (Lipinski definition) is 1. The number of nitrogens with one attached hydrogen (secondary N) is 1. The summed E-state index contributed by atoms with van der Waals surface area (Å²) in [6.07, 6.45) is 0.380. The van der Waals surface area contributed by atoms with Gasteiger partial charge in [0.2, 0.25) is 5.88 Å². The predicted octanol–water partition coefficient (Wildman–Crippen LogP) is 1.41. The number of hydrogen-bond acceptors (Lipinski definition) is 8. The van der Waals surface area contributed by atoms with E-state index in [2.05, 4.69) is 20.4 Å². The molecule has 1 N–H and O–H groups in total. The number of aryl methyl sites for hydroxylation is 1. The van der Waals surface area contributed by atoms with E-state index in [0.29, 0.717) is 28.9 Å². The van der Waals surface area contributed by atoms with Crippen molar-refractivity contribution in [3.8, 4) is 17.1 Å². The zero-order valence-corrected chi connectivity index (χ0v) is 16.2. The third-order valence-corrected chi connectivity index (χ3v) is 6.24. The fraction of sp³-hybridized carbons (Fsp3) is 0.333. The fourth-order valence-electron chi connectivity index (χ4n) is 3.15. The van der Waals surface area contributed by atoms with E-state index >= 15 is 0 Å². The van der Waals surface area contributed by atoms with Crippen molar-refractivity contribution < 1.29 is 26.9 Å². The van der Waals surface area contributed by atoms with Crippen molar-refractivity contribution in [2.24, 2.45) is 0 Å². The Kier molecular flexibility index (Phi) is 4.91. The maximum absolute atomic E-state index is 13.2. The summed E-state index contributed by atoms with van der Waals surface area (Å²) in [5, 5.41) is 6.98. The Morgan fingerprint density at radius 1 is 1.31 bits per heavy atom. The van der Waals surface area contributed by atoms with Gasteiger partial charge in [-0.2, -0.15) is 9.97 Å². The number of sulfone groups is 1. The van der Waals surface area contributed by atoms with Crippen LogP contribution in [0.25, 0.3) is 22.4 Å². The van der Waals surface area contributed by atoms with Gasteiger partial charge in [-0.3, -0.25) is 4.79 Å². The Bertz CT molecular complexity index is 1180. The van der Waals surface area contributed by atoms with Crippen molar-refractivity contribution in [1.82, 2.24) is 20.4 Å². The minimum Gasteiger partial charge on any atom is -0.467 e. The molecule has 1 aliphatic heterocycles. The summed E-state index contributed by atoms with van der Waals surface area (Å²) in [5.74, 6) is -0.409. The first kappa shape index (κ1) is 19.2. The van der Waals surface area contributed by atoms with Crippen molar-refractivity contribution in [3.05, 3.63) is 35.9 Å². The maximum Gasteiger partial charge on any atom is 0.265 e. The molecule has 0 aliphatic carbocycles. The maximum atomic E-state index is 13.2. The molecule has 152 valence electrons. The molecule has 0 unspecified atom stereocenters. The molecule has 9 nitrogen and oxygen atoms in total. The molecule has 0 bridgehead atoms. The summed E-state index contributed by atoms with van der Waals surface area (Å²) in [6.45, 7) is 1.27. The molecule has 1 amide bonds. The molecular weight excluding hydrogens is 403 g/mol. The number of amides is 1. The van der Waals surface area contributed by atoms with Gasteiger partial charge in [-0.1, -0.05) is 5.16 Å². The van der Waals surface area contributed by atoms with Crippen molar-refractivity contribution in [2.75, 3.05) is 18.1 Å². The van der Waals surface area contributed by atoms with Crippen LogP contribution in [0.15, 0.2) is 28.8 Å². The van der Waals surface area contributed by atoms with Gasteiger partial charge in [0.25, 0.3) is 11.6 Å². The second kappa shape index (κ2) is 7.39. The minimum atomic E-state index is -3.10. The topological polar surface area (TPSA) is 124 Å². The van der Waals surface area contributed by atoms with Crippen LogP contribution in [0.2, 0.25) is 0 Å². The van der Waals surface area contributed by atoms with Gasteiger partial charge in [-0.15, -0.1) is 0 Å². The largest absolute Gasteiger partial charge is 0.467 e. The van der Waals surface area contributed by atoms with Gasteiger partial charge in [-0.05, 0) is 37.6 Å². The van der Waals surface area contributed by atoms with Crippen LogP contribution in [0.4, 0.5) is 4.39 Å². The highest BCUT2D eigenvalue weighted by molar-refractivity contribution is 7.91. The Morgan fingerprint density at radius 3 is 2.76 bits per heavy atom. The molecule has 29 heavy (non-hydrogen) atoms. The molecule has 1 fully saturated rings. The lowest BCUT2D eigenvalue weighted by Crippen LogP contribution is -2.38. The lowest BCUT2D eigenvalue weighted by atomic mass is 10.1. The summed E-state index contributed by atoms with van der Waals surface area (Å²) < 4.78 is 47.1. The zero-order chi connectivity index (χ0) is 20.6. The lowest BCUT2D eigenvalue weighted by molar-refractivity contribution is -0.123. The van der Waals surface area contributed by atoms with Crippen LogP contribution in [0.1, 0.15) is 12.2 Å². The van der Waals surface area contributed by atoms with Gasteiger partial charge in [0, 0.05) is 11.6 Å². The number of rotatable bonds is 5. The van der Waals surface area contributed by atoms with E-state index < -0.39 is 27.6 Å². The van der Waals surface area contributed by atoms with Crippen LogP contribution in [0, 0.1) is 12.7 Å². The number of halogens is 1. The zero-order valence-electron chi connectivity index (χ0n) is 15.4. The second-order valence-electron chi connectivity index (χ2n) is 6.75. The Morgan fingerprint density at radius 2 is 2.07 bits per heavy atom. The highest BCUT2D eigenvalue weighted by Crippen LogP contribution is 2.33. The van der Waals surface area contributed by atoms with Crippen molar-refractivity contribution >= 4 is 26.8 Å². The van der Waals surface area contributed by atoms with Crippen molar-refractivity contribution in [3.63, 3.8) is 0 Å². The smallest absolute Gasteiger partial charge is 0.265 e. The summed E-state index contributed by atoms with van der Waals surface area (Å²) in [7, 11) is -3.10. The summed E-state index contributed by atoms with van der Waals surface area (Å²) in [6, 6.07) is 5.21. The van der Waals surface area contributed by atoms with Crippen LogP contribution in [-0.4, -0.2) is 53.6 Å². The average Bonchev–Trinajstić information content (AvgIpc) is 3.23. The molecule has 2 aromatic heterocycles. The molecule has 1 aromatic carbocycles. The number of carbonyl (C=O) groups excluding carboxylic acids is 1. The number of nitrogens with zero attached hydrogens (tertiary/aromatic N) is 3. The standard InChI is InChI=1S/C18H17FN4O5S/c1-10-20-17(27-8-14(24)22-13-6-7-29(25,26)9-13)15-16(23-28-18(15)21-10)11-2-4-12(19)5-3-11/h2-5,13H,6-9H2,1H3,(H,22,24)/t13-/m1/s1. The molecule has 3 heterocycles. The first-order valence-electron chi connectivity index (χ1n) is 8.83. The van der Waals surface area contributed by atoms with Gasteiger partial charge in [0.05, 0.1) is 11.5 Å². The molecule has 3 aromatic rings. The molecule has 11 heteroatoms. The first-order chi connectivity index (χ1) is 13.8. The van der Waals surface area contributed by atoms with Gasteiger partial charge in [0.15, 0.2) is 16.4 Å².